The van der Waals surface area contributed by atoms with Crippen molar-refractivity contribution in [2.45, 2.75) is 58.0 Å². The molecular weight excluding hydrogens is 210 g/mol. The van der Waals surface area contributed by atoms with E-state index in [1.807, 2.05) is 0 Å². The molecule has 0 spiro atoms. The van der Waals surface area contributed by atoms with Gasteiger partial charge in [0.15, 0.2) is 0 Å². The van der Waals surface area contributed by atoms with Crippen molar-refractivity contribution in [3.05, 3.63) is 0 Å². The molecule has 1 aliphatic rings. The van der Waals surface area contributed by atoms with Gasteiger partial charge in [0.05, 0.1) is 0 Å². The van der Waals surface area contributed by atoms with Crippen molar-refractivity contribution in [2.75, 3.05) is 33.2 Å². The fourth-order valence-corrected chi connectivity index (χ4v) is 3.26. The summed E-state index contributed by atoms with van der Waals surface area (Å²) in [6, 6.07) is 0.744. The van der Waals surface area contributed by atoms with E-state index in [-0.39, 0.29) is 5.54 Å². The van der Waals surface area contributed by atoms with Crippen molar-refractivity contribution >= 4 is 0 Å². The maximum absolute atomic E-state index is 6.02. The molecule has 0 amide bonds. The number of likely N-dealkylation sites (N-methyl/N-ethyl adjacent to an activating group) is 2. The summed E-state index contributed by atoms with van der Waals surface area (Å²) in [5.74, 6) is 0. The number of hydrogen-bond acceptors (Lipinski definition) is 3. The van der Waals surface area contributed by atoms with Gasteiger partial charge in [-0.3, -0.25) is 9.80 Å². The molecule has 1 aliphatic heterocycles. The van der Waals surface area contributed by atoms with Crippen LogP contribution in [0.2, 0.25) is 0 Å². The maximum Gasteiger partial charge on any atom is 0.0324 e. The summed E-state index contributed by atoms with van der Waals surface area (Å²) in [6.07, 6.45) is 5.01. The van der Waals surface area contributed by atoms with Gasteiger partial charge in [-0.15, -0.1) is 0 Å². The Labute approximate surface area is 107 Å². The molecule has 0 radical (unpaired) electrons. The summed E-state index contributed by atoms with van der Waals surface area (Å²) in [7, 11) is 2.26. The number of nitrogens with two attached hydrogens (primary N) is 1. The minimum Gasteiger partial charge on any atom is -0.329 e. The first-order valence-electron chi connectivity index (χ1n) is 7.28. The monoisotopic (exact) mass is 241 g/mol. The van der Waals surface area contributed by atoms with Crippen LogP contribution in [0.3, 0.4) is 0 Å². The van der Waals surface area contributed by atoms with Crippen LogP contribution in [0.1, 0.15) is 46.5 Å². The fourth-order valence-electron chi connectivity index (χ4n) is 3.26. The Hall–Kier alpha value is -0.120. The average Bonchev–Trinajstić information content (AvgIpc) is 2.79. The van der Waals surface area contributed by atoms with Crippen LogP contribution in [-0.4, -0.2) is 54.6 Å². The molecule has 0 bridgehead atoms. The minimum atomic E-state index is 0.210. The molecule has 1 atom stereocenters. The predicted octanol–water partition coefficient (Wildman–Crippen LogP) is 1.92. The van der Waals surface area contributed by atoms with Gasteiger partial charge in [0, 0.05) is 24.7 Å². The van der Waals surface area contributed by atoms with E-state index in [2.05, 4.69) is 37.6 Å². The molecule has 1 saturated heterocycles. The lowest BCUT2D eigenvalue weighted by Crippen LogP contribution is -2.54. The lowest BCUT2D eigenvalue weighted by atomic mass is 9.90. The van der Waals surface area contributed by atoms with E-state index < -0.39 is 0 Å². The molecular formula is C14H31N3. The van der Waals surface area contributed by atoms with Gasteiger partial charge in [-0.2, -0.15) is 0 Å². The molecule has 102 valence electrons. The molecule has 3 nitrogen and oxygen atoms in total. The van der Waals surface area contributed by atoms with Crippen LogP contribution in [0.25, 0.3) is 0 Å². The molecule has 0 aromatic rings. The smallest absolute Gasteiger partial charge is 0.0324 e. The Balaban J connectivity index is 2.60. The summed E-state index contributed by atoms with van der Waals surface area (Å²) in [5.41, 5.74) is 6.23. The average molecular weight is 241 g/mol. The first-order valence-corrected chi connectivity index (χ1v) is 7.28. The number of likely N-dealkylation sites (tertiary alicyclic amines) is 1. The van der Waals surface area contributed by atoms with E-state index in [0.717, 1.165) is 25.4 Å². The molecule has 3 heteroatoms. The van der Waals surface area contributed by atoms with Gasteiger partial charge in [0.25, 0.3) is 0 Å². The number of hydrogen-bond donors (Lipinski definition) is 1. The topological polar surface area (TPSA) is 32.5 Å². The van der Waals surface area contributed by atoms with Crippen LogP contribution in [-0.2, 0) is 0 Å². The zero-order valence-electron chi connectivity index (χ0n) is 12.2. The number of rotatable bonds is 7. The highest BCUT2D eigenvalue weighted by Crippen LogP contribution is 2.25. The SMILES string of the molecule is CCN1CCCC1CN(C)C(CC)(CC)CN. The van der Waals surface area contributed by atoms with Gasteiger partial charge in [0.1, 0.15) is 0 Å². The third-order valence-corrected chi connectivity index (χ3v) is 4.90. The summed E-state index contributed by atoms with van der Waals surface area (Å²) >= 11 is 0. The molecule has 17 heavy (non-hydrogen) atoms. The van der Waals surface area contributed by atoms with Crippen LogP contribution in [0.4, 0.5) is 0 Å². The Morgan fingerprint density at radius 3 is 2.41 bits per heavy atom. The highest BCUT2D eigenvalue weighted by atomic mass is 15.3. The standard InChI is InChI=1S/C14H31N3/c1-5-14(6-2,12-15)16(4)11-13-9-8-10-17(13)7-3/h13H,5-12,15H2,1-4H3. The van der Waals surface area contributed by atoms with Crippen LogP contribution < -0.4 is 5.73 Å². The highest BCUT2D eigenvalue weighted by molar-refractivity contribution is 4.91. The third kappa shape index (κ3) is 3.21. The molecule has 0 aliphatic carbocycles. The Morgan fingerprint density at radius 2 is 1.94 bits per heavy atom. The molecule has 0 saturated carbocycles. The van der Waals surface area contributed by atoms with Crippen LogP contribution >= 0.6 is 0 Å². The van der Waals surface area contributed by atoms with E-state index in [9.17, 15) is 0 Å². The Kier molecular flexibility index (Phi) is 5.90. The number of nitrogens with zero attached hydrogens (tertiary/aromatic N) is 2. The molecule has 1 heterocycles. The lowest BCUT2D eigenvalue weighted by molar-refractivity contribution is 0.0832. The van der Waals surface area contributed by atoms with Gasteiger partial charge in [-0.05, 0) is 45.8 Å². The van der Waals surface area contributed by atoms with E-state index in [1.165, 1.54) is 32.5 Å². The predicted molar refractivity (Wildman–Crippen MR) is 75.3 cm³/mol. The third-order valence-electron chi connectivity index (χ3n) is 4.90. The van der Waals surface area contributed by atoms with Gasteiger partial charge in [-0.25, -0.2) is 0 Å². The van der Waals surface area contributed by atoms with E-state index in [4.69, 9.17) is 5.73 Å². The van der Waals surface area contributed by atoms with E-state index in [1.54, 1.807) is 0 Å². The van der Waals surface area contributed by atoms with Crippen molar-refractivity contribution in [1.29, 1.82) is 0 Å². The van der Waals surface area contributed by atoms with Gasteiger partial charge in [0.2, 0.25) is 0 Å². The van der Waals surface area contributed by atoms with E-state index in [0.29, 0.717) is 0 Å². The van der Waals surface area contributed by atoms with E-state index >= 15 is 0 Å². The molecule has 1 rings (SSSR count). The summed E-state index contributed by atoms with van der Waals surface area (Å²) < 4.78 is 0. The maximum atomic E-state index is 6.02. The molecule has 1 unspecified atom stereocenters. The largest absolute Gasteiger partial charge is 0.329 e. The van der Waals surface area contributed by atoms with Crippen molar-refractivity contribution in [3.63, 3.8) is 0 Å². The highest BCUT2D eigenvalue weighted by Gasteiger charge is 2.33. The summed E-state index contributed by atoms with van der Waals surface area (Å²) in [4.78, 5) is 5.13. The summed E-state index contributed by atoms with van der Waals surface area (Å²) in [5, 5.41) is 0. The molecule has 0 aromatic heterocycles. The second-order valence-corrected chi connectivity index (χ2v) is 5.44. The normalized spacial score (nSPS) is 22.6. The summed E-state index contributed by atoms with van der Waals surface area (Å²) in [6.45, 7) is 11.2. The Bertz CT molecular complexity index is 205. The quantitative estimate of drug-likeness (QED) is 0.739. The second kappa shape index (κ2) is 6.72. The van der Waals surface area contributed by atoms with Gasteiger partial charge >= 0.3 is 0 Å². The van der Waals surface area contributed by atoms with Gasteiger partial charge in [-0.1, -0.05) is 20.8 Å². The van der Waals surface area contributed by atoms with Crippen LogP contribution in [0, 0.1) is 0 Å². The van der Waals surface area contributed by atoms with Crippen molar-refractivity contribution in [3.8, 4) is 0 Å². The van der Waals surface area contributed by atoms with Crippen molar-refractivity contribution < 1.29 is 0 Å². The van der Waals surface area contributed by atoms with Crippen LogP contribution in [0.15, 0.2) is 0 Å². The fraction of sp³-hybridized carbons (Fsp3) is 1.00. The first kappa shape index (κ1) is 14.9. The zero-order valence-corrected chi connectivity index (χ0v) is 12.2. The Morgan fingerprint density at radius 1 is 1.29 bits per heavy atom. The second-order valence-electron chi connectivity index (χ2n) is 5.44. The minimum absolute atomic E-state index is 0.210. The lowest BCUT2D eigenvalue weighted by Gasteiger charge is -2.42. The van der Waals surface area contributed by atoms with Crippen molar-refractivity contribution in [1.82, 2.24) is 9.80 Å². The first-order chi connectivity index (χ1) is 8.13. The van der Waals surface area contributed by atoms with Gasteiger partial charge < -0.3 is 5.73 Å². The van der Waals surface area contributed by atoms with Crippen molar-refractivity contribution in [2.24, 2.45) is 5.73 Å². The molecule has 1 fully saturated rings. The molecule has 2 N–H and O–H groups in total. The molecule has 0 aromatic carbocycles. The van der Waals surface area contributed by atoms with Crippen LogP contribution in [0.5, 0.6) is 0 Å². The zero-order chi connectivity index (χ0) is 12.9.